The third-order valence-corrected chi connectivity index (χ3v) is 5.70. The van der Waals surface area contributed by atoms with Gasteiger partial charge in [0.05, 0.1) is 17.3 Å². The largest absolute Gasteiger partial charge is 0.487 e. The van der Waals surface area contributed by atoms with Gasteiger partial charge in [-0.05, 0) is 96.8 Å². The second-order valence-corrected chi connectivity index (χ2v) is 8.74. The van der Waals surface area contributed by atoms with Crippen LogP contribution < -0.4 is 0 Å². The van der Waals surface area contributed by atoms with Crippen molar-refractivity contribution >= 4 is 0 Å². The summed E-state index contributed by atoms with van der Waals surface area (Å²) < 4.78 is 19.6. The summed E-state index contributed by atoms with van der Waals surface area (Å²) >= 11 is 0. The van der Waals surface area contributed by atoms with E-state index in [1.807, 2.05) is 0 Å². The van der Waals surface area contributed by atoms with Gasteiger partial charge >= 0.3 is 0 Å². The average Bonchev–Trinajstić information content (AvgIpc) is 2.70. The van der Waals surface area contributed by atoms with Gasteiger partial charge in [-0.1, -0.05) is 40.0 Å². The fourth-order valence-corrected chi connectivity index (χ4v) is 3.91. The lowest BCUT2D eigenvalue weighted by molar-refractivity contribution is -0.264. The lowest BCUT2D eigenvalue weighted by Crippen LogP contribution is -2.50. The molecule has 1 fully saturated rings. The number of unbranched alkanes of at least 4 members (excludes halogenated alkanes) is 6. The SMILES string of the molecule is CCCCC=C(C)OC1CCCCC1(OC(C)=CCCCC)OC(C)=CCCCC. The zero-order valence-electron chi connectivity index (χ0n) is 20.7. The van der Waals surface area contributed by atoms with Crippen molar-refractivity contribution in [2.75, 3.05) is 0 Å². The van der Waals surface area contributed by atoms with Crippen molar-refractivity contribution in [1.29, 1.82) is 0 Å². The molecule has 0 aromatic heterocycles. The summed E-state index contributed by atoms with van der Waals surface area (Å²) in [6, 6.07) is 0. The second-order valence-electron chi connectivity index (χ2n) is 8.74. The highest BCUT2D eigenvalue weighted by Crippen LogP contribution is 2.39. The van der Waals surface area contributed by atoms with E-state index in [2.05, 4.69) is 59.8 Å². The van der Waals surface area contributed by atoms with Crippen LogP contribution >= 0.6 is 0 Å². The van der Waals surface area contributed by atoms with E-state index in [0.29, 0.717) is 0 Å². The minimum absolute atomic E-state index is 0.0897. The second kappa shape index (κ2) is 15.4. The topological polar surface area (TPSA) is 27.7 Å². The molecule has 0 aliphatic heterocycles. The first-order chi connectivity index (χ1) is 14.5. The molecule has 1 rings (SSSR count). The molecule has 0 N–H and O–H groups in total. The van der Waals surface area contributed by atoms with Gasteiger partial charge in [-0.25, -0.2) is 0 Å². The molecular weight excluding hydrogens is 372 g/mol. The monoisotopic (exact) mass is 420 g/mol. The first kappa shape index (κ1) is 26.7. The summed E-state index contributed by atoms with van der Waals surface area (Å²) in [6.07, 6.45) is 20.9. The molecule has 174 valence electrons. The fraction of sp³-hybridized carbons (Fsp3) is 0.778. The quantitative estimate of drug-likeness (QED) is 0.150. The molecule has 0 radical (unpaired) electrons. The number of ether oxygens (including phenoxy) is 3. The van der Waals surface area contributed by atoms with E-state index in [4.69, 9.17) is 14.2 Å². The molecule has 0 heterocycles. The normalized spacial score (nSPS) is 23.4. The van der Waals surface area contributed by atoms with E-state index in [0.717, 1.165) is 62.2 Å². The Hall–Kier alpha value is -1.38. The zero-order chi connectivity index (χ0) is 22.2. The van der Waals surface area contributed by atoms with Crippen molar-refractivity contribution in [2.24, 2.45) is 0 Å². The third-order valence-electron chi connectivity index (χ3n) is 5.70. The molecule has 0 bridgehead atoms. The molecule has 1 aliphatic rings. The smallest absolute Gasteiger partial charge is 0.287 e. The summed E-state index contributed by atoms with van der Waals surface area (Å²) in [6.45, 7) is 12.9. The standard InChI is InChI=1S/C27H48O3/c1-7-10-13-18-23(4)28-26-21-16-17-22-27(26,29-24(5)19-14-11-8-2)30-25(6)20-15-12-9-3/h18-20,26H,7-17,21-22H2,1-6H3. The van der Waals surface area contributed by atoms with Crippen LogP contribution in [-0.2, 0) is 14.2 Å². The average molecular weight is 421 g/mol. The number of rotatable bonds is 15. The highest BCUT2D eigenvalue weighted by atomic mass is 16.7. The van der Waals surface area contributed by atoms with E-state index < -0.39 is 5.79 Å². The zero-order valence-corrected chi connectivity index (χ0v) is 20.7. The van der Waals surface area contributed by atoms with Crippen LogP contribution in [0.4, 0.5) is 0 Å². The van der Waals surface area contributed by atoms with Gasteiger partial charge in [0.2, 0.25) is 0 Å². The van der Waals surface area contributed by atoms with Gasteiger partial charge in [0.1, 0.15) is 0 Å². The molecule has 0 aromatic carbocycles. The molecule has 1 atom stereocenters. The van der Waals surface area contributed by atoms with Crippen molar-refractivity contribution in [1.82, 2.24) is 0 Å². The lowest BCUT2D eigenvalue weighted by atomic mass is 9.90. The number of allylic oxidation sites excluding steroid dienone is 6. The highest BCUT2D eigenvalue weighted by Gasteiger charge is 2.47. The molecule has 3 nitrogen and oxygen atoms in total. The third kappa shape index (κ3) is 10.1. The summed E-state index contributed by atoms with van der Waals surface area (Å²) in [5, 5.41) is 0. The molecule has 3 heteroatoms. The van der Waals surface area contributed by atoms with Crippen molar-refractivity contribution in [3.8, 4) is 0 Å². The Morgan fingerprint density at radius 2 is 1.20 bits per heavy atom. The van der Waals surface area contributed by atoms with Crippen molar-refractivity contribution in [2.45, 2.75) is 137 Å². The molecule has 0 amide bonds. The van der Waals surface area contributed by atoms with Crippen molar-refractivity contribution in [3.63, 3.8) is 0 Å². The van der Waals surface area contributed by atoms with Crippen molar-refractivity contribution in [3.05, 3.63) is 35.5 Å². The van der Waals surface area contributed by atoms with Crippen LogP contribution in [0.3, 0.4) is 0 Å². The number of hydrogen-bond acceptors (Lipinski definition) is 3. The summed E-state index contributed by atoms with van der Waals surface area (Å²) in [7, 11) is 0. The van der Waals surface area contributed by atoms with Gasteiger partial charge in [-0.15, -0.1) is 0 Å². The highest BCUT2D eigenvalue weighted by molar-refractivity contribution is 5.01. The fourth-order valence-electron chi connectivity index (χ4n) is 3.91. The minimum atomic E-state index is -0.738. The van der Waals surface area contributed by atoms with Crippen LogP contribution in [0.5, 0.6) is 0 Å². The predicted molar refractivity (Wildman–Crippen MR) is 128 cm³/mol. The summed E-state index contributed by atoms with van der Waals surface area (Å²) in [5.74, 6) is 2.16. The van der Waals surface area contributed by atoms with Gasteiger partial charge < -0.3 is 14.2 Å². The Balaban J connectivity index is 3.04. The Labute approximate surface area is 186 Å². The first-order valence-corrected chi connectivity index (χ1v) is 12.5. The molecular formula is C27H48O3. The number of hydrogen-bond donors (Lipinski definition) is 0. The predicted octanol–water partition coefficient (Wildman–Crippen LogP) is 8.96. The van der Waals surface area contributed by atoms with E-state index in [1.54, 1.807) is 0 Å². The van der Waals surface area contributed by atoms with Crippen LogP contribution in [0.25, 0.3) is 0 Å². The van der Waals surface area contributed by atoms with Crippen LogP contribution in [0.2, 0.25) is 0 Å². The Morgan fingerprint density at radius 1 is 0.733 bits per heavy atom. The molecule has 0 saturated heterocycles. The van der Waals surface area contributed by atoms with E-state index in [9.17, 15) is 0 Å². The molecule has 1 saturated carbocycles. The molecule has 0 spiro atoms. The van der Waals surface area contributed by atoms with Crippen LogP contribution in [-0.4, -0.2) is 11.9 Å². The Bertz CT molecular complexity index is 518. The van der Waals surface area contributed by atoms with Gasteiger partial charge in [-0.3, -0.25) is 0 Å². The van der Waals surface area contributed by atoms with Crippen LogP contribution in [0.15, 0.2) is 35.5 Å². The van der Waals surface area contributed by atoms with E-state index >= 15 is 0 Å². The van der Waals surface area contributed by atoms with Gasteiger partial charge in [0.15, 0.2) is 6.10 Å². The summed E-state index contributed by atoms with van der Waals surface area (Å²) in [4.78, 5) is 0. The Kier molecular flexibility index (Phi) is 13.7. The first-order valence-electron chi connectivity index (χ1n) is 12.5. The molecule has 30 heavy (non-hydrogen) atoms. The van der Waals surface area contributed by atoms with Crippen LogP contribution in [0, 0.1) is 0 Å². The van der Waals surface area contributed by atoms with Gasteiger partial charge in [0.25, 0.3) is 5.79 Å². The lowest BCUT2D eigenvalue weighted by Gasteiger charge is -2.43. The minimum Gasteiger partial charge on any atom is -0.487 e. The molecule has 1 aliphatic carbocycles. The maximum absolute atomic E-state index is 6.59. The van der Waals surface area contributed by atoms with Gasteiger partial charge in [-0.2, -0.15) is 0 Å². The van der Waals surface area contributed by atoms with E-state index in [1.165, 1.54) is 38.5 Å². The maximum Gasteiger partial charge on any atom is 0.287 e. The summed E-state index contributed by atoms with van der Waals surface area (Å²) in [5.41, 5.74) is 0. The van der Waals surface area contributed by atoms with Crippen LogP contribution in [0.1, 0.15) is 125 Å². The van der Waals surface area contributed by atoms with Crippen molar-refractivity contribution < 1.29 is 14.2 Å². The van der Waals surface area contributed by atoms with Gasteiger partial charge in [0, 0.05) is 6.42 Å². The van der Waals surface area contributed by atoms with E-state index in [-0.39, 0.29) is 6.10 Å². The Morgan fingerprint density at radius 3 is 1.67 bits per heavy atom. The molecule has 0 aromatic rings. The molecule has 1 unspecified atom stereocenters. The maximum atomic E-state index is 6.59.